The summed E-state index contributed by atoms with van der Waals surface area (Å²) < 4.78 is 11.2. The van der Waals surface area contributed by atoms with Crippen LogP contribution in [0.2, 0.25) is 0 Å². The Morgan fingerprint density at radius 3 is 1.86 bits per heavy atom. The van der Waals surface area contributed by atoms with Crippen molar-refractivity contribution >= 4 is 11.9 Å². The molecule has 0 radical (unpaired) electrons. The van der Waals surface area contributed by atoms with Crippen LogP contribution >= 0.6 is 0 Å². The summed E-state index contributed by atoms with van der Waals surface area (Å²) in [5.41, 5.74) is 0.627. The van der Waals surface area contributed by atoms with Gasteiger partial charge in [-0.05, 0) is 37.2 Å². The van der Waals surface area contributed by atoms with Gasteiger partial charge >= 0.3 is 11.9 Å². The Kier molecular flexibility index (Phi) is 13.1. The van der Waals surface area contributed by atoms with Gasteiger partial charge in [0.15, 0.2) is 0 Å². The van der Waals surface area contributed by atoms with Gasteiger partial charge in [0, 0.05) is 0 Å². The molecule has 2 atom stereocenters. The molecule has 4 nitrogen and oxygen atoms in total. The molecule has 164 valence electrons. The van der Waals surface area contributed by atoms with E-state index in [0.29, 0.717) is 42.6 Å². The Hall–Kier alpha value is -1.84. The third-order valence-electron chi connectivity index (χ3n) is 5.57. The Morgan fingerprint density at radius 1 is 0.862 bits per heavy atom. The van der Waals surface area contributed by atoms with Crippen LogP contribution in [-0.4, -0.2) is 25.2 Å². The van der Waals surface area contributed by atoms with Crippen LogP contribution in [0.1, 0.15) is 85.5 Å². The van der Waals surface area contributed by atoms with Crippen molar-refractivity contribution in [2.75, 3.05) is 13.2 Å². The van der Waals surface area contributed by atoms with Gasteiger partial charge in [-0.25, -0.2) is 9.59 Å². The summed E-state index contributed by atoms with van der Waals surface area (Å²) in [6, 6.07) is 0. The van der Waals surface area contributed by atoms with E-state index < -0.39 is 11.9 Å². The number of allylic oxidation sites excluding steroid dienone is 4. The molecule has 0 saturated carbocycles. The van der Waals surface area contributed by atoms with Crippen molar-refractivity contribution in [2.24, 2.45) is 11.8 Å². The highest BCUT2D eigenvalue weighted by Gasteiger charge is 2.25. The molecule has 0 fully saturated rings. The summed E-state index contributed by atoms with van der Waals surface area (Å²) in [4.78, 5) is 25.5. The summed E-state index contributed by atoms with van der Waals surface area (Å²) in [5.74, 6) is -0.131. The molecule has 0 aromatic heterocycles. The number of hydrogen-bond donors (Lipinski definition) is 0. The third kappa shape index (κ3) is 9.47. The Morgan fingerprint density at radius 2 is 1.38 bits per heavy atom. The average molecular weight is 405 g/mol. The molecule has 0 aromatic carbocycles. The van der Waals surface area contributed by atoms with E-state index in [1.165, 1.54) is 0 Å². The van der Waals surface area contributed by atoms with Crippen molar-refractivity contribution in [2.45, 2.75) is 85.5 Å². The van der Waals surface area contributed by atoms with E-state index >= 15 is 0 Å². The van der Waals surface area contributed by atoms with Gasteiger partial charge in [0.2, 0.25) is 0 Å². The predicted molar refractivity (Wildman–Crippen MR) is 118 cm³/mol. The topological polar surface area (TPSA) is 52.6 Å². The second-order valence-electron chi connectivity index (χ2n) is 7.89. The Bertz CT molecular complexity index is 586. The molecule has 0 aromatic rings. The van der Waals surface area contributed by atoms with E-state index in [-0.39, 0.29) is 0 Å². The van der Waals surface area contributed by atoms with Gasteiger partial charge in [-0.2, -0.15) is 0 Å². The molecule has 1 aliphatic rings. The fourth-order valence-corrected chi connectivity index (χ4v) is 3.34. The van der Waals surface area contributed by atoms with Gasteiger partial charge in [-0.3, -0.25) is 0 Å². The molecular formula is C25H40O4. The highest BCUT2D eigenvalue weighted by Crippen LogP contribution is 2.21. The quantitative estimate of drug-likeness (QED) is 0.318. The first-order valence-electron chi connectivity index (χ1n) is 11.5. The molecule has 0 spiro atoms. The van der Waals surface area contributed by atoms with Crippen LogP contribution in [-0.2, 0) is 19.1 Å². The van der Waals surface area contributed by atoms with E-state index in [0.717, 1.165) is 51.4 Å². The van der Waals surface area contributed by atoms with Crippen molar-refractivity contribution in [1.82, 2.24) is 0 Å². The van der Waals surface area contributed by atoms with Crippen LogP contribution in [0, 0.1) is 11.8 Å². The van der Waals surface area contributed by atoms with E-state index in [1.807, 2.05) is 6.08 Å². The molecule has 4 heteroatoms. The minimum Gasteiger partial charge on any atom is -0.462 e. The van der Waals surface area contributed by atoms with Crippen molar-refractivity contribution in [3.8, 4) is 0 Å². The number of carbonyl (C=O) groups excluding carboxylic acids is 2. The smallest absolute Gasteiger partial charge is 0.339 e. The van der Waals surface area contributed by atoms with Crippen molar-refractivity contribution < 1.29 is 19.1 Å². The molecule has 29 heavy (non-hydrogen) atoms. The summed E-state index contributed by atoms with van der Waals surface area (Å²) in [7, 11) is 0. The number of ether oxygens (including phenoxy) is 2. The minimum atomic E-state index is -0.437. The van der Waals surface area contributed by atoms with Gasteiger partial charge in [-0.1, -0.05) is 84.4 Å². The van der Waals surface area contributed by atoms with Crippen LogP contribution < -0.4 is 0 Å². The number of unbranched alkanes of at least 4 members (excludes halogenated alkanes) is 2. The monoisotopic (exact) mass is 404 g/mol. The van der Waals surface area contributed by atoms with Crippen LogP contribution in [0.3, 0.4) is 0 Å². The molecule has 1 rings (SSSR count). The first-order chi connectivity index (χ1) is 14.1. The molecular weight excluding hydrogens is 364 g/mol. The summed E-state index contributed by atoms with van der Waals surface area (Å²) in [6.07, 6.45) is 16.4. The van der Waals surface area contributed by atoms with Gasteiger partial charge in [0.25, 0.3) is 0 Å². The van der Waals surface area contributed by atoms with Gasteiger partial charge in [0.1, 0.15) is 0 Å². The molecule has 0 N–H and O–H groups in total. The zero-order chi connectivity index (χ0) is 21.5. The van der Waals surface area contributed by atoms with E-state index in [1.54, 1.807) is 18.2 Å². The van der Waals surface area contributed by atoms with E-state index in [2.05, 4.69) is 27.7 Å². The normalized spacial score (nSPS) is 15.7. The zero-order valence-electron chi connectivity index (χ0n) is 18.9. The first kappa shape index (κ1) is 25.2. The van der Waals surface area contributed by atoms with Crippen molar-refractivity contribution in [3.05, 3.63) is 35.5 Å². The largest absolute Gasteiger partial charge is 0.462 e. The standard InChI is InChI=1S/C25H40O4/c1-5-9-14-20(7-3)18-28-24(26)22-16-12-11-13-17-23(22)25(27)29-19-21(8-4)15-10-6-2/h11-12,16-17,20-21H,5-10,13-15,18-19H2,1-4H3. The summed E-state index contributed by atoms with van der Waals surface area (Å²) >= 11 is 0. The second kappa shape index (κ2) is 15.1. The lowest BCUT2D eigenvalue weighted by molar-refractivity contribution is -0.144. The maximum atomic E-state index is 12.7. The van der Waals surface area contributed by atoms with Gasteiger partial charge < -0.3 is 9.47 Å². The number of hydrogen-bond acceptors (Lipinski definition) is 4. The van der Waals surface area contributed by atoms with Crippen LogP contribution in [0.5, 0.6) is 0 Å². The van der Waals surface area contributed by atoms with Crippen LogP contribution in [0.4, 0.5) is 0 Å². The molecule has 0 saturated heterocycles. The highest BCUT2D eigenvalue weighted by atomic mass is 16.5. The van der Waals surface area contributed by atoms with E-state index in [9.17, 15) is 9.59 Å². The lowest BCUT2D eigenvalue weighted by atomic mass is 10.00. The van der Waals surface area contributed by atoms with E-state index in [4.69, 9.17) is 9.47 Å². The molecule has 0 bridgehead atoms. The molecule has 2 unspecified atom stereocenters. The third-order valence-corrected chi connectivity index (χ3v) is 5.57. The number of esters is 2. The lowest BCUT2D eigenvalue weighted by Crippen LogP contribution is -2.21. The molecule has 0 heterocycles. The maximum absolute atomic E-state index is 12.7. The fraction of sp³-hybridized carbons (Fsp3) is 0.680. The molecule has 1 aliphatic carbocycles. The van der Waals surface area contributed by atoms with Crippen LogP contribution in [0.25, 0.3) is 0 Å². The van der Waals surface area contributed by atoms with Gasteiger partial charge in [-0.15, -0.1) is 0 Å². The zero-order valence-corrected chi connectivity index (χ0v) is 18.9. The summed E-state index contributed by atoms with van der Waals surface area (Å²) in [6.45, 7) is 9.36. The fourth-order valence-electron chi connectivity index (χ4n) is 3.34. The number of rotatable bonds is 14. The van der Waals surface area contributed by atoms with Gasteiger partial charge in [0.05, 0.1) is 24.4 Å². The predicted octanol–water partition coefficient (Wildman–Crippen LogP) is 6.32. The SMILES string of the molecule is CCCCC(CC)COC(=O)C1=CC=CCC=C1C(=O)OCC(CC)CCCC. The van der Waals surface area contributed by atoms with Crippen molar-refractivity contribution in [3.63, 3.8) is 0 Å². The highest BCUT2D eigenvalue weighted by molar-refractivity contribution is 6.07. The number of carbonyl (C=O) groups is 2. The second-order valence-corrected chi connectivity index (χ2v) is 7.89. The van der Waals surface area contributed by atoms with Crippen molar-refractivity contribution in [1.29, 1.82) is 0 Å². The average Bonchev–Trinajstić information content (AvgIpc) is 3.00. The Balaban J connectivity index is 2.71. The van der Waals surface area contributed by atoms with Crippen LogP contribution in [0.15, 0.2) is 35.5 Å². The lowest BCUT2D eigenvalue weighted by Gasteiger charge is -2.17. The Labute approximate surface area is 177 Å². The molecule has 0 aliphatic heterocycles. The minimum absolute atomic E-state index is 0.302. The summed E-state index contributed by atoms with van der Waals surface area (Å²) in [5, 5.41) is 0. The maximum Gasteiger partial charge on any atom is 0.339 e. The molecule has 0 amide bonds. The first-order valence-corrected chi connectivity index (χ1v) is 11.5.